The molecule has 4 heteroatoms. The van der Waals surface area contributed by atoms with Crippen LogP contribution in [0.3, 0.4) is 0 Å². The van der Waals surface area contributed by atoms with Gasteiger partial charge in [-0.25, -0.2) is 4.79 Å². The SMILES string of the molecule is COC(=O)c1[nH]c2cccc(C=O)c2c1C. The maximum Gasteiger partial charge on any atom is 0.354 e. The van der Waals surface area contributed by atoms with Crippen molar-refractivity contribution in [1.29, 1.82) is 0 Å². The van der Waals surface area contributed by atoms with E-state index in [1.165, 1.54) is 7.11 Å². The maximum atomic E-state index is 11.5. The van der Waals surface area contributed by atoms with Crippen molar-refractivity contribution in [2.24, 2.45) is 0 Å². The number of ether oxygens (including phenoxy) is 1. The second-order valence-corrected chi connectivity index (χ2v) is 3.50. The molecule has 0 unspecified atom stereocenters. The third kappa shape index (κ3) is 1.39. The van der Waals surface area contributed by atoms with Crippen molar-refractivity contribution in [1.82, 2.24) is 4.98 Å². The fraction of sp³-hybridized carbons (Fsp3) is 0.167. The van der Waals surface area contributed by atoms with Gasteiger partial charge in [0.2, 0.25) is 0 Å². The number of carbonyl (C=O) groups excluding carboxylic acids is 2. The molecule has 1 aromatic carbocycles. The summed E-state index contributed by atoms with van der Waals surface area (Å²) >= 11 is 0. The van der Waals surface area contributed by atoms with Gasteiger partial charge in [0.25, 0.3) is 0 Å². The summed E-state index contributed by atoms with van der Waals surface area (Å²) in [6, 6.07) is 5.31. The largest absolute Gasteiger partial charge is 0.464 e. The van der Waals surface area contributed by atoms with Gasteiger partial charge >= 0.3 is 5.97 Å². The Morgan fingerprint density at radius 2 is 2.19 bits per heavy atom. The standard InChI is InChI=1S/C12H11NO3/c1-7-10-8(6-14)4-3-5-9(10)13-11(7)12(15)16-2/h3-6,13H,1-2H3. The Labute approximate surface area is 92.2 Å². The van der Waals surface area contributed by atoms with E-state index in [4.69, 9.17) is 0 Å². The van der Waals surface area contributed by atoms with Crippen LogP contribution in [0.25, 0.3) is 10.9 Å². The zero-order chi connectivity index (χ0) is 11.7. The Bertz CT molecular complexity index is 569. The van der Waals surface area contributed by atoms with Crippen LogP contribution < -0.4 is 0 Å². The number of aromatic nitrogens is 1. The average molecular weight is 217 g/mol. The molecule has 0 aliphatic heterocycles. The van der Waals surface area contributed by atoms with E-state index in [0.29, 0.717) is 11.3 Å². The molecule has 0 saturated carbocycles. The summed E-state index contributed by atoms with van der Waals surface area (Å²) in [7, 11) is 1.33. The first-order chi connectivity index (χ1) is 7.69. The summed E-state index contributed by atoms with van der Waals surface area (Å²) in [6.07, 6.45) is 0.782. The molecule has 82 valence electrons. The number of H-pyrrole nitrogens is 1. The predicted octanol–water partition coefficient (Wildman–Crippen LogP) is 2.08. The molecule has 1 aromatic heterocycles. The van der Waals surface area contributed by atoms with Crippen LogP contribution >= 0.6 is 0 Å². The van der Waals surface area contributed by atoms with Crippen molar-refractivity contribution in [2.75, 3.05) is 7.11 Å². The van der Waals surface area contributed by atoms with Gasteiger partial charge in [-0.15, -0.1) is 0 Å². The minimum Gasteiger partial charge on any atom is -0.464 e. The third-order valence-electron chi connectivity index (χ3n) is 2.62. The van der Waals surface area contributed by atoms with Crippen LogP contribution in [-0.4, -0.2) is 24.3 Å². The second kappa shape index (κ2) is 3.81. The van der Waals surface area contributed by atoms with E-state index in [1.807, 2.05) is 6.07 Å². The van der Waals surface area contributed by atoms with Crippen molar-refractivity contribution in [3.05, 3.63) is 35.0 Å². The first-order valence-corrected chi connectivity index (χ1v) is 4.83. The highest BCUT2D eigenvalue weighted by molar-refractivity contribution is 6.04. The van der Waals surface area contributed by atoms with Crippen LogP contribution in [0.1, 0.15) is 26.4 Å². The molecule has 0 atom stereocenters. The van der Waals surface area contributed by atoms with Crippen LogP contribution in [0.15, 0.2) is 18.2 Å². The fourth-order valence-electron chi connectivity index (χ4n) is 1.85. The zero-order valence-electron chi connectivity index (χ0n) is 9.03. The molecule has 1 heterocycles. The second-order valence-electron chi connectivity index (χ2n) is 3.50. The van der Waals surface area contributed by atoms with E-state index in [-0.39, 0.29) is 0 Å². The minimum absolute atomic E-state index is 0.395. The normalized spacial score (nSPS) is 10.4. The quantitative estimate of drug-likeness (QED) is 0.618. The Morgan fingerprint density at radius 3 is 2.81 bits per heavy atom. The highest BCUT2D eigenvalue weighted by atomic mass is 16.5. The molecule has 0 radical (unpaired) electrons. The average Bonchev–Trinajstić information content (AvgIpc) is 2.66. The Morgan fingerprint density at radius 1 is 1.44 bits per heavy atom. The molecule has 0 spiro atoms. The number of benzene rings is 1. The van der Waals surface area contributed by atoms with E-state index >= 15 is 0 Å². The number of carbonyl (C=O) groups is 2. The number of esters is 1. The number of hydrogen-bond donors (Lipinski definition) is 1. The smallest absolute Gasteiger partial charge is 0.354 e. The number of aryl methyl sites for hydroxylation is 1. The lowest BCUT2D eigenvalue weighted by Crippen LogP contribution is -2.03. The monoisotopic (exact) mass is 217 g/mol. The summed E-state index contributed by atoms with van der Waals surface area (Å²) in [4.78, 5) is 25.3. The van der Waals surface area contributed by atoms with Crippen molar-refractivity contribution < 1.29 is 14.3 Å². The molecular formula is C12H11NO3. The summed E-state index contributed by atoms with van der Waals surface area (Å²) in [6.45, 7) is 1.79. The van der Waals surface area contributed by atoms with Gasteiger partial charge in [-0.3, -0.25) is 4.79 Å². The topological polar surface area (TPSA) is 59.2 Å². The van der Waals surface area contributed by atoms with Crippen molar-refractivity contribution in [3.63, 3.8) is 0 Å². The van der Waals surface area contributed by atoms with Gasteiger partial charge < -0.3 is 9.72 Å². The molecule has 0 fully saturated rings. The third-order valence-corrected chi connectivity index (χ3v) is 2.62. The molecule has 1 N–H and O–H groups in total. The highest BCUT2D eigenvalue weighted by Gasteiger charge is 2.16. The molecule has 0 bridgehead atoms. The number of rotatable bonds is 2. The Hall–Kier alpha value is -2.10. The first kappa shape index (κ1) is 10.4. The van der Waals surface area contributed by atoms with Crippen LogP contribution in [-0.2, 0) is 4.74 Å². The lowest BCUT2D eigenvalue weighted by molar-refractivity contribution is 0.0594. The van der Waals surface area contributed by atoms with Gasteiger partial charge in [-0.1, -0.05) is 12.1 Å². The van der Waals surface area contributed by atoms with E-state index in [0.717, 1.165) is 22.8 Å². The van der Waals surface area contributed by atoms with E-state index < -0.39 is 5.97 Å². The maximum absolute atomic E-state index is 11.5. The molecule has 2 rings (SSSR count). The van der Waals surface area contributed by atoms with Crippen LogP contribution in [0, 0.1) is 6.92 Å². The van der Waals surface area contributed by atoms with Gasteiger partial charge in [-0.2, -0.15) is 0 Å². The van der Waals surface area contributed by atoms with E-state index in [9.17, 15) is 9.59 Å². The van der Waals surface area contributed by atoms with Crippen molar-refractivity contribution in [3.8, 4) is 0 Å². The number of nitrogens with one attached hydrogen (secondary N) is 1. The van der Waals surface area contributed by atoms with Gasteiger partial charge in [-0.05, 0) is 18.6 Å². The van der Waals surface area contributed by atoms with E-state index in [2.05, 4.69) is 9.72 Å². The van der Waals surface area contributed by atoms with Crippen LogP contribution in [0.5, 0.6) is 0 Å². The lowest BCUT2D eigenvalue weighted by Gasteiger charge is -1.97. The summed E-state index contributed by atoms with van der Waals surface area (Å²) in [5.74, 6) is -0.425. The highest BCUT2D eigenvalue weighted by Crippen LogP contribution is 2.24. The van der Waals surface area contributed by atoms with Crippen molar-refractivity contribution >= 4 is 23.2 Å². The molecule has 4 nitrogen and oxygen atoms in total. The van der Waals surface area contributed by atoms with Crippen LogP contribution in [0.4, 0.5) is 0 Å². The summed E-state index contributed by atoms with van der Waals surface area (Å²) in [5.41, 5.74) is 2.47. The predicted molar refractivity (Wildman–Crippen MR) is 59.8 cm³/mol. The zero-order valence-corrected chi connectivity index (χ0v) is 9.03. The Kier molecular flexibility index (Phi) is 2.48. The molecule has 0 aliphatic carbocycles. The molecular weight excluding hydrogens is 206 g/mol. The van der Waals surface area contributed by atoms with Gasteiger partial charge in [0.05, 0.1) is 7.11 Å². The summed E-state index contributed by atoms with van der Waals surface area (Å²) in [5, 5.41) is 0.776. The number of methoxy groups -OCH3 is 1. The first-order valence-electron chi connectivity index (χ1n) is 4.83. The molecule has 0 aliphatic rings. The van der Waals surface area contributed by atoms with E-state index in [1.54, 1.807) is 19.1 Å². The minimum atomic E-state index is -0.425. The van der Waals surface area contributed by atoms with Gasteiger partial charge in [0.1, 0.15) is 5.69 Å². The molecule has 2 aromatic rings. The van der Waals surface area contributed by atoms with Gasteiger partial charge in [0.15, 0.2) is 6.29 Å². The number of fused-ring (bicyclic) bond motifs is 1. The molecule has 0 saturated heterocycles. The molecule has 0 amide bonds. The van der Waals surface area contributed by atoms with Gasteiger partial charge in [0, 0.05) is 16.5 Å². The van der Waals surface area contributed by atoms with Crippen LogP contribution in [0.2, 0.25) is 0 Å². The summed E-state index contributed by atoms with van der Waals surface area (Å²) < 4.78 is 4.66. The molecule has 16 heavy (non-hydrogen) atoms. The lowest BCUT2D eigenvalue weighted by atomic mass is 10.1. The number of aromatic amines is 1. The van der Waals surface area contributed by atoms with Crippen molar-refractivity contribution in [2.45, 2.75) is 6.92 Å². The number of aldehydes is 1. The fourth-order valence-corrected chi connectivity index (χ4v) is 1.85. The number of hydrogen-bond acceptors (Lipinski definition) is 3. The Balaban J connectivity index is 2.78.